The number of carbonyl (C=O) groups is 3. The van der Waals surface area contributed by atoms with Crippen molar-refractivity contribution in [3.05, 3.63) is 66.2 Å². The minimum absolute atomic E-state index is 0.0999. The Balaban J connectivity index is 1.78. The van der Waals surface area contributed by atoms with Crippen LogP contribution in [-0.2, 0) is 14.4 Å². The molecule has 0 fully saturated rings. The third kappa shape index (κ3) is 6.92. The molecule has 6 nitrogen and oxygen atoms in total. The number of nitrogens with one attached hydrogen (secondary N) is 2. The van der Waals surface area contributed by atoms with E-state index < -0.39 is 0 Å². The number of hydrogen-bond acceptors (Lipinski definition) is 4. The van der Waals surface area contributed by atoms with Crippen LogP contribution < -0.4 is 10.6 Å². The second kappa shape index (κ2) is 10.9. The summed E-state index contributed by atoms with van der Waals surface area (Å²) in [6, 6.07) is 16.8. The zero-order valence-electron chi connectivity index (χ0n) is 15.8. The lowest BCUT2D eigenvalue weighted by Gasteiger charge is -2.17. The molecule has 0 aliphatic carbocycles. The van der Waals surface area contributed by atoms with E-state index in [1.54, 1.807) is 6.08 Å². The third-order valence-electron chi connectivity index (χ3n) is 3.83. The van der Waals surface area contributed by atoms with E-state index in [-0.39, 0.29) is 30.8 Å². The lowest BCUT2D eigenvalue weighted by molar-refractivity contribution is -0.133. The van der Waals surface area contributed by atoms with E-state index in [0.717, 1.165) is 10.5 Å². The fourth-order valence-electron chi connectivity index (χ4n) is 2.33. The van der Waals surface area contributed by atoms with Crippen molar-refractivity contribution in [3.63, 3.8) is 0 Å². The van der Waals surface area contributed by atoms with Crippen molar-refractivity contribution >= 4 is 41.2 Å². The van der Waals surface area contributed by atoms with Gasteiger partial charge in [0.05, 0.1) is 18.8 Å². The van der Waals surface area contributed by atoms with Crippen molar-refractivity contribution in [1.82, 2.24) is 10.2 Å². The average Bonchev–Trinajstić information content (AvgIpc) is 2.71. The largest absolute Gasteiger partial charge is 0.343 e. The number of amides is 3. The molecule has 0 saturated carbocycles. The smallest absolute Gasteiger partial charge is 0.244 e. The van der Waals surface area contributed by atoms with Crippen LogP contribution in [0.4, 0.5) is 5.69 Å². The van der Waals surface area contributed by atoms with Crippen LogP contribution in [0.5, 0.6) is 0 Å². The van der Waals surface area contributed by atoms with Crippen molar-refractivity contribution in [2.75, 3.05) is 31.7 Å². The number of carbonyl (C=O) groups excluding carboxylic acids is 3. The molecule has 28 heavy (non-hydrogen) atoms. The van der Waals surface area contributed by atoms with E-state index in [2.05, 4.69) is 10.6 Å². The molecule has 0 bridgehead atoms. The fraction of sp³-hybridized carbons (Fsp3) is 0.190. The monoisotopic (exact) mass is 397 g/mol. The first-order valence-corrected chi connectivity index (χ1v) is 9.90. The number of likely N-dealkylation sites (N-methyl/N-ethyl adjacent to an activating group) is 1. The zero-order valence-corrected chi connectivity index (χ0v) is 16.7. The third-order valence-corrected chi connectivity index (χ3v) is 4.62. The van der Waals surface area contributed by atoms with Crippen LogP contribution in [0.15, 0.2) is 65.6 Å². The molecule has 7 heteroatoms. The molecular weight excluding hydrogens is 374 g/mol. The van der Waals surface area contributed by atoms with Gasteiger partial charge in [0.15, 0.2) is 0 Å². The molecule has 2 aromatic carbocycles. The van der Waals surface area contributed by atoms with Gasteiger partial charge in [-0.1, -0.05) is 42.5 Å². The molecule has 2 aromatic rings. The maximum absolute atomic E-state index is 12.2. The number of rotatable bonds is 8. The van der Waals surface area contributed by atoms with Crippen LogP contribution in [0.1, 0.15) is 5.56 Å². The molecule has 0 spiro atoms. The molecule has 3 amide bonds. The summed E-state index contributed by atoms with van der Waals surface area (Å²) in [5.74, 6) is -1.02. The van der Waals surface area contributed by atoms with Crippen molar-refractivity contribution in [1.29, 1.82) is 0 Å². The molecule has 0 radical (unpaired) electrons. The Morgan fingerprint density at radius 1 is 1.04 bits per heavy atom. The van der Waals surface area contributed by atoms with E-state index in [9.17, 15) is 14.4 Å². The maximum atomic E-state index is 12.2. The molecule has 0 atom stereocenters. The van der Waals surface area contributed by atoms with Gasteiger partial charge in [0.25, 0.3) is 0 Å². The summed E-state index contributed by atoms with van der Waals surface area (Å²) in [4.78, 5) is 38.4. The van der Waals surface area contributed by atoms with Gasteiger partial charge in [0.1, 0.15) is 0 Å². The Morgan fingerprint density at radius 3 is 2.43 bits per heavy atom. The topological polar surface area (TPSA) is 78.5 Å². The highest BCUT2D eigenvalue weighted by molar-refractivity contribution is 7.98. The Hall–Kier alpha value is -3.06. The standard InChI is InChI=1S/C21H23N3O3S/c1-24(15-20(26)23-17-10-6-7-11-18(17)28-2)21(27)14-22-19(25)13-12-16-8-4-3-5-9-16/h3-13H,14-15H2,1-2H3,(H,22,25)(H,23,26)/b13-12+. The summed E-state index contributed by atoms with van der Waals surface area (Å²) in [6.45, 7) is -0.277. The first kappa shape index (κ1) is 21.2. The molecule has 0 heterocycles. The van der Waals surface area contributed by atoms with Crippen molar-refractivity contribution in [3.8, 4) is 0 Å². The molecule has 0 aliphatic heterocycles. The number of nitrogens with zero attached hydrogens (tertiary/aromatic N) is 1. The highest BCUT2D eigenvalue weighted by atomic mass is 32.2. The summed E-state index contributed by atoms with van der Waals surface area (Å²) in [7, 11) is 1.52. The van der Waals surface area contributed by atoms with Crippen LogP contribution in [-0.4, -0.2) is 49.0 Å². The Kier molecular flexibility index (Phi) is 8.30. The van der Waals surface area contributed by atoms with Crippen LogP contribution >= 0.6 is 11.8 Å². The highest BCUT2D eigenvalue weighted by Gasteiger charge is 2.14. The second-order valence-corrected chi connectivity index (χ2v) is 6.81. The summed E-state index contributed by atoms with van der Waals surface area (Å²) >= 11 is 1.53. The number of anilines is 1. The molecular formula is C21H23N3O3S. The SMILES string of the molecule is CSc1ccccc1NC(=O)CN(C)C(=O)CNC(=O)/C=C/c1ccccc1. The van der Waals surface area contributed by atoms with Gasteiger partial charge in [-0.15, -0.1) is 11.8 Å². The summed E-state index contributed by atoms with van der Waals surface area (Å²) in [6.07, 6.45) is 4.96. The van der Waals surface area contributed by atoms with E-state index in [0.29, 0.717) is 5.69 Å². The Labute approximate surface area is 169 Å². The zero-order chi connectivity index (χ0) is 20.4. The van der Waals surface area contributed by atoms with Crippen LogP contribution in [0.25, 0.3) is 6.08 Å². The normalized spacial score (nSPS) is 10.5. The molecule has 146 valence electrons. The minimum Gasteiger partial charge on any atom is -0.343 e. The van der Waals surface area contributed by atoms with Gasteiger partial charge in [-0.25, -0.2) is 0 Å². The summed E-state index contributed by atoms with van der Waals surface area (Å²) < 4.78 is 0. The fourth-order valence-corrected chi connectivity index (χ4v) is 2.89. The molecule has 2 N–H and O–H groups in total. The van der Waals surface area contributed by atoms with Crippen molar-refractivity contribution < 1.29 is 14.4 Å². The van der Waals surface area contributed by atoms with Gasteiger partial charge in [-0.3, -0.25) is 14.4 Å². The van der Waals surface area contributed by atoms with Gasteiger partial charge >= 0.3 is 0 Å². The van der Waals surface area contributed by atoms with Crippen LogP contribution in [0.2, 0.25) is 0 Å². The van der Waals surface area contributed by atoms with Gasteiger partial charge < -0.3 is 15.5 Å². The maximum Gasteiger partial charge on any atom is 0.244 e. The van der Waals surface area contributed by atoms with Crippen molar-refractivity contribution in [2.45, 2.75) is 4.90 Å². The molecule has 0 unspecified atom stereocenters. The Bertz CT molecular complexity index is 853. The Morgan fingerprint density at radius 2 is 1.71 bits per heavy atom. The number of para-hydroxylation sites is 1. The number of benzene rings is 2. The molecule has 0 aromatic heterocycles. The lowest BCUT2D eigenvalue weighted by Crippen LogP contribution is -2.41. The first-order chi connectivity index (χ1) is 13.5. The van der Waals surface area contributed by atoms with Crippen LogP contribution in [0, 0.1) is 0 Å². The van der Waals surface area contributed by atoms with E-state index in [1.807, 2.05) is 60.9 Å². The number of thioether (sulfide) groups is 1. The average molecular weight is 398 g/mol. The highest BCUT2D eigenvalue weighted by Crippen LogP contribution is 2.24. The van der Waals surface area contributed by atoms with Gasteiger partial charge in [-0.2, -0.15) is 0 Å². The minimum atomic E-state index is -0.371. The summed E-state index contributed by atoms with van der Waals surface area (Å²) in [5, 5.41) is 5.32. The molecule has 2 rings (SSSR count). The van der Waals surface area contributed by atoms with E-state index in [4.69, 9.17) is 0 Å². The van der Waals surface area contributed by atoms with Gasteiger partial charge in [0, 0.05) is 18.0 Å². The molecule has 0 aliphatic rings. The second-order valence-electron chi connectivity index (χ2n) is 5.96. The molecule has 0 saturated heterocycles. The van der Waals surface area contributed by atoms with Crippen molar-refractivity contribution in [2.24, 2.45) is 0 Å². The predicted octanol–water partition coefficient (Wildman–Crippen LogP) is 2.64. The van der Waals surface area contributed by atoms with Gasteiger partial charge in [-0.05, 0) is 30.0 Å². The van der Waals surface area contributed by atoms with E-state index in [1.165, 1.54) is 29.8 Å². The lowest BCUT2D eigenvalue weighted by atomic mass is 10.2. The first-order valence-electron chi connectivity index (χ1n) is 8.67. The van der Waals surface area contributed by atoms with E-state index >= 15 is 0 Å². The van der Waals surface area contributed by atoms with Gasteiger partial charge in [0.2, 0.25) is 17.7 Å². The quantitative estimate of drug-likeness (QED) is 0.530. The number of hydrogen-bond donors (Lipinski definition) is 2. The predicted molar refractivity (Wildman–Crippen MR) is 113 cm³/mol. The van der Waals surface area contributed by atoms with Crippen LogP contribution in [0.3, 0.4) is 0 Å². The summed E-state index contributed by atoms with van der Waals surface area (Å²) in [5.41, 5.74) is 1.60.